The van der Waals surface area contributed by atoms with Gasteiger partial charge in [0.15, 0.2) is 0 Å². The second-order valence-corrected chi connectivity index (χ2v) is 9.09. The largest absolute Gasteiger partial charge is 0.481 e. The van der Waals surface area contributed by atoms with E-state index in [1.807, 2.05) is 0 Å². The van der Waals surface area contributed by atoms with Crippen LogP contribution in [0.1, 0.15) is 85.5 Å². The van der Waals surface area contributed by atoms with Crippen molar-refractivity contribution in [2.75, 3.05) is 26.2 Å². The molecule has 7 heteroatoms. The number of hydrogen-bond acceptors (Lipinski definition) is 3. The summed E-state index contributed by atoms with van der Waals surface area (Å²) in [6, 6.07) is 0. The van der Waals surface area contributed by atoms with Crippen LogP contribution in [0.15, 0.2) is 0 Å². The molecule has 0 aromatic heterocycles. The van der Waals surface area contributed by atoms with E-state index in [2.05, 4.69) is 6.92 Å². The summed E-state index contributed by atoms with van der Waals surface area (Å²) in [6.45, 7) is 10.0. The van der Waals surface area contributed by atoms with E-state index in [1.54, 1.807) is 20.8 Å². The Hall–Kier alpha value is -1.63. The molecule has 0 radical (unpaired) electrons. The maximum atomic E-state index is 11.3. The third kappa shape index (κ3) is 12.2. The minimum atomic E-state index is -0.828. The predicted octanol–water partition coefficient (Wildman–Crippen LogP) is 4.50. The molecule has 0 amide bonds. The predicted molar refractivity (Wildman–Crippen MR) is 117 cm³/mol. The number of unbranched alkanes of at least 4 members (excludes halogenated alkanes) is 5. The van der Waals surface area contributed by atoms with Gasteiger partial charge in [-0.2, -0.15) is 0 Å². The molecule has 0 bridgehead atoms. The molecule has 0 fully saturated rings. The summed E-state index contributed by atoms with van der Waals surface area (Å²) in [5.41, 5.74) is 0. The Morgan fingerprint density at radius 1 is 0.600 bits per heavy atom. The van der Waals surface area contributed by atoms with Gasteiger partial charge in [-0.15, -0.1) is 0 Å². The van der Waals surface area contributed by atoms with Crippen LogP contribution in [0.2, 0.25) is 0 Å². The first-order chi connectivity index (χ1) is 14.0. The molecule has 0 saturated heterocycles. The lowest BCUT2D eigenvalue weighted by atomic mass is 10.0. The minimum Gasteiger partial charge on any atom is -0.481 e. The van der Waals surface area contributed by atoms with Crippen LogP contribution < -0.4 is 0 Å². The van der Waals surface area contributed by atoms with Gasteiger partial charge in [0.2, 0.25) is 0 Å². The van der Waals surface area contributed by atoms with Gasteiger partial charge in [-0.05, 0) is 12.8 Å². The Bertz CT molecular complexity index is 462. The SMILES string of the molecule is CCCCCCCC[N+](CCC(C)C(=O)O)(CCC(C)C(=O)O)CCC(C)C(=O)O. The van der Waals surface area contributed by atoms with Crippen LogP contribution in [0.4, 0.5) is 0 Å². The molecular formula is C23H44NO6+. The van der Waals surface area contributed by atoms with E-state index in [9.17, 15) is 29.7 Å². The molecule has 3 unspecified atom stereocenters. The summed E-state index contributed by atoms with van der Waals surface area (Å²) < 4.78 is 0.612. The molecule has 0 spiro atoms. The number of carboxylic acid groups (broad SMARTS) is 3. The van der Waals surface area contributed by atoms with E-state index in [0.29, 0.717) is 43.4 Å². The summed E-state index contributed by atoms with van der Waals surface area (Å²) in [4.78, 5) is 34.0. The number of quaternary nitrogens is 1. The highest BCUT2D eigenvalue weighted by molar-refractivity contribution is 5.70. The smallest absolute Gasteiger partial charge is 0.306 e. The molecule has 0 aromatic rings. The molecule has 0 aromatic carbocycles. The summed E-state index contributed by atoms with van der Waals surface area (Å²) in [5.74, 6) is -3.90. The number of hydrogen-bond donors (Lipinski definition) is 3. The van der Waals surface area contributed by atoms with Crippen molar-refractivity contribution in [1.82, 2.24) is 0 Å². The Balaban J connectivity index is 5.29. The molecule has 0 rings (SSSR count). The second-order valence-electron chi connectivity index (χ2n) is 9.09. The van der Waals surface area contributed by atoms with Crippen molar-refractivity contribution in [3.05, 3.63) is 0 Å². The van der Waals surface area contributed by atoms with Gasteiger partial charge >= 0.3 is 17.9 Å². The normalized spacial score (nSPS) is 16.4. The summed E-state index contributed by atoms with van der Waals surface area (Å²) >= 11 is 0. The highest BCUT2D eigenvalue weighted by atomic mass is 16.4. The molecule has 0 heterocycles. The first kappa shape index (κ1) is 28.4. The molecule has 0 aliphatic heterocycles. The molecule has 30 heavy (non-hydrogen) atoms. The second kappa shape index (κ2) is 15.2. The lowest BCUT2D eigenvalue weighted by Crippen LogP contribution is -2.52. The lowest BCUT2D eigenvalue weighted by Gasteiger charge is -2.40. The third-order valence-electron chi connectivity index (χ3n) is 6.36. The number of rotatable bonds is 19. The fourth-order valence-corrected chi connectivity index (χ4v) is 3.67. The molecule has 3 atom stereocenters. The number of carbonyl (C=O) groups is 3. The van der Waals surface area contributed by atoms with Crippen molar-refractivity contribution in [3.63, 3.8) is 0 Å². The van der Waals surface area contributed by atoms with Gasteiger partial charge in [0.1, 0.15) is 0 Å². The molecule has 0 aliphatic rings. The Morgan fingerprint density at radius 3 is 1.27 bits per heavy atom. The maximum absolute atomic E-state index is 11.3. The zero-order valence-corrected chi connectivity index (χ0v) is 19.4. The van der Waals surface area contributed by atoms with Crippen LogP contribution in [0.5, 0.6) is 0 Å². The number of aliphatic carboxylic acids is 3. The Kier molecular flexibility index (Phi) is 14.4. The van der Waals surface area contributed by atoms with Gasteiger partial charge in [-0.1, -0.05) is 53.4 Å². The molecule has 0 saturated carbocycles. The van der Waals surface area contributed by atoms with E-state index in [0.717, 1.165) is 25.8 Å². The monoisotopic (exact) mass is 430 g/mol. The van der Waals surface area contributed by atoms with Gasteiger partial charge in [0, 0.05) is 19.3 Å². The number of carboxylic acids is 3. The Labute approximate surface area is 182 Å². The zero-order chi connectivity index (χ0) is 23.2. The van der Waals surface area contributed by atoms with E-state index in [1.165, 1.54) is 19.3 Å². The molecular weight excluding hydrogens is 386 g/mol. The van der Waals surface area contributed by atoms with Crippen LogP contribution in [-0.4, -0.2) is 63.9 Å². The van der Waals surface area contributed by atoms with Crippen LogP contribution in [0, 0.1) is 17.8 Å². The molecule has 3 N–H and O–H groups in total. The van der Waals surface area contributed by atoms with Gasteiger partial charge in [-0.3, -0.25) is 14.4 Å². The van der Waals surface area contributed by atoms with Gasteiger partial charge < -0.3 is 19.8 Å². The third-order valence-corrected chi connectivity index (χ3v) is 6.36. The minimum absolute atomic E-state index is 0.471. The molecule has 0 aliphatic carbocycles. The van der Waals surface area contributed by atoms with E-state index >= 15 is 0 Å². The highest BCUT2D eigenvalue weighted by Gasteiger charge is 2.31. The quantitative estimate of drug-likeness (QED) is 0.205. The van der Waals surface area contributed by atoms with Crippen molar-refractivity contribution in [2.45, 2.75) is 85.5 Å². The van der Waals surface area contributed by atoms with Gasteiger partial charge in [0.05, 0.1) is 43.9 Å². The van der Waals surface area contributed by atoms with Gasteiger partial charge in [0.25, 0.3) is 0 Å². The Morgan fingerprint density at radius 2 is 0.933 bits per heavy atom. The topological polar surface area (TPSA) is 112 Å². The fraction of sp³-hybridized carbons (Fsp3) is 0.870. The van der Waals surface area contributed by atoms with Crippen molar-refractivity contribution < 1.29 is 34.2 Å². The van der Waals surface area contributed by atoms with Crippen molar-refractivity contribution in [1.29, 1.82) is 0 Å². The lowest BCUT2D eigenvalue weighted by molar-refractivity contribution is -0.929. The van der Waals surface area contributed by atoms with Crippen LogP contribution in [0.3, 0.4) is 0 Å². The number of nitrogens with zero attached hydrogens (tertiary/aromatic N) is 1. The van der Waals surface area contributed by atoms with Crippen molar-refractivity contribution >= 4 is 17.9 Å². The summed E-state index contributed by atoms with van der Waals surface area (Å²) in [5, 5.41) is 27.9. The van der Waals surface area contributed by atoms with Crippen LogP contribution >= 0.6 is 0 Å². The first-order valence-corrected chi connectivity index (χ1v) is 11.6. The first-order valence-electron chi connectivity index (χ1n) is 11.6. The fourth-order valence-electron chi connectivity index (χ4n) is 3.67. The van der Waals surface area contributed by atoms with Gasteiger partial charge in [-0.25, -0.2) is 0 Å². The van der Waals surface area contributed by atoms with Crippen LogP contribution in [0.25, 0.3) is 0 Å². The van der Waals surface area contributed by atoms with E-state index in [4.69, 9.17) is 0 Å². The summed E-state index contributed by atoms with van der Waals surface area (Å²) in [7, 11) is 0. The zero-order valence-electron chi connectivity index (χ0n) is 19.4. The van der Waals surface area contributed by atoms with E-state index < -0.39 is 35.7 Å². The average molecular weight is 431 g/mol. The highest BCUT2D eigenvalue weighted by Crippen LogP contribution is 2.21. The molecule has 7 nitrogen and oxygen atoms in total. The average Bonchev–Trinajstić information content (AvgIpc) is 2.69. The maximum Gasteiger partial charge on any atom is 0.306 e. The van der Waals surface area contributed by atoms with Crippen molar-refractivity contribution in [2.24, 2.45) is 17.8 Å². The van der Waals surface area contributed by atoms with Crippen LogP contribution in [-0.2, 0) is 14.4 Å². The van der Waals surface area contributed by atoms with Crippen molar-refractivity contribution in [3.8, 4) is 0 Å². The van der Waals surface area contributed by atoms with E-state index in [-0.39, 0.29) is 0 Å². The standard InChI is InChI=1S/C23H43NO6/c1-5-6-7-8-9-10-14-24(15-11-18(2)21(25)26,16-12-19(3)22(27)28)17-13-20(4)23(29)30/h18-20H,5-17H2,1-4H3,(H2-,25,26,27,28,29,30)/p+1. The summed E-state index contributed by atoms with van der Waals surface area (Å²) in [6.07, 6.45) is 8.40. The molecule has 176 valence electrons.